The fourth-order valence-electron chi connectivity index (χ4n) is 2.68. The predicted molar refractivity (Wildman–Crippen MR) is 103 cm³/mol. The third-order valence-corrected chi connectivity index (χ3v) is 4.03. The molecule has 0 saturated carbocycles. The lowest BCUT2D eigenvalue weighted by Gasteiger charge is -2.11. The van der Waals surface area contributed by atoms with E-state index in [9.17, 15) is 4.79 Å². The van der Waals surface area contributed by atoms with Crippen LogP contribution < -0.4 is 10.6 Å². The van der Waals surface area contributed by atoms with E-state index in [-0.39, 0.29) is 5.91 Å². The largest absolute Gasteiger partial charge is 0.347 e. The molecule has 5 heteroatoms. The van der Waals surface area contributed by atoms with Crippen LogP contribution in [0.25, 0.3) is 0 Å². The highest BCUT2D eigenvalue weighted by Gasteiger charge is 2.11. The molecule has 0 atom stereocenters. The first-order valence-electron chi connectivity index (χ1n) is 8.68. The second-order valence-electron chi connectivity index (χ2n) is 6.02. The highest BCUT2D eigenvalue weighted by Crippen LogP contribution is 2.19. The summed E-state index contributed by atoms with van der Waals surface area (Å²) in [4.78, 5) is 21.3. The molecule has 26 heavy (non-hydrogen) atoms. The fraction of sp³-hybridized carbons (Fsp3) is 0.190. The summed E-state index contributed by atoms with van der Waals surface area (Å²) in [6, 6.07) is 19.5. The SMILES string of the molecule is CCc1ccccc1Nc1nc(C)cc(C(=O)NCc2ccccc2)n1. The molecule has 132 valence electrons. The van der Waals surface area contributed by atoms with Gasteiger partial charge >= 0.3 is 0 Å². The first kappa shape index (κ1) is 17.6. The van der Waals surface area contributed by atoms with Crippen molar-refractivity contribution in [2.75, 3.05) is 5.32 Å². The maximum atomic E-state index is 12.5. The number of aryl methyl sites for hydroxylation is 2. The van der Waals surface area contributed by atoms with E-state index in [0.717, 1.165) is 23.4 Å². The molecule has 0 saturated heterocycles. The maximum Gasteiger partial charge on any atom is 0.270 e. The van der Waals surface area contributed by atoms with Crippen molar-refractivity contribution in [3.63, 3.8) is 0 Å². The summed E-state index contributed by atoms with van der Waals surface area (Å²) in [5.74, 6) is 0.210. The van der Waals surface area contributed by atoms with Gasteiger partial charge in [0.1, 0.15) is 5.69 Å². The van der Waals surface area contributed by atoms with Crippen molar-refractivity contribution in [2.45, 2.75) is 26.8 Å². The Hall–Kier alpha value is -3.21. The van der Waals surface area contributed by atoms with Crippen LogP contribution in [0.1, 0.15) is 34.2 Å². The van der Waals surface area contributed by atoms with Crippen LogP contribution in [0.4, 0.5) is 11.6 Å². The molecule has 3 aromatic rings. The zero-order chi connectivity index (χ0) is 18.4. The zero-order valence-corrected chi connectivity index (χ0v) is 15.0. The molecule has 0 fully saturated rings. The molecule has 0 aliphatic rings. The lowest BCUT2D eigenvalue weighted by molar-refractivity contribution is 0.0945. The van der Waals surface area contributed by atoms with E-state index >= 15 is 0 Å². The van der Waals surface area contributed by atoms with Gasteiger partial charge in [0.15, 0.2) is 0 Å². The number of benzene rings is 2. The van der Waals surface area contributed by atoms with Crippen molar-refractivity contribution in [1.29, 1.82) is 0 Å². The number of hydrogen-bond donors (Lipinski definition) is 2. The standard InChI is InChI=1S/C21H22N4O/c1-3-17-11-7-8-12-18(17)24-21-23-15(2)13-19(25-21)20(26)22-14-16-9-5-4-6-10-16/h4-13H,3,14H2,1-2H3,(H,22,26)(H,23,24,25). The summed E-state index contributed by atoms with van der Waals surface area (Å²) >= 11 is 0. The Morgan fingerprint density at radius 2 is 1.73 bits per heavy atom. The molecule has 2 aromatic carbocycles. The summed E-state index contributed by atoms with van der Waals surface area (Å²) in [7, 11) is 0. The van der Waals surface area contributed by atoms with Gasteiger partial charge in [-0.3, -0.25) is 4.79 Å². The van der Waals surface area contributed by atoms with Gasteiger partial charge in [0.2, 0.25) is 5.95 Å². The Morgan fingerprint density at radius 3 is 2.50 bits per heavy atom. The second-order valence-corrected chi connectivity index (χ2v) is 6.02. The second kappa shape index (κ2) is 8.25. The Morgan fingerprint density at radius 1 is 1.00 bits per heavy atom. The van der Waals surface area contributed by atoms with Crippen LogP contribution in [0.5, 0.6) is 0 Å². The van der Waals surface area contributed by atoms with Crippen molar-refractivity contribution >= 4 is 17.5 Å². The number of anilines is 2. The maximum absolute atomic E-state index is 12.5. The molecule has 1 aromatic heterocycles. The number of nitrogens with zero attached hydrogens (tertiary/aromatic N) is 2. The van der Waals surface area contributed by atoms with Gasteiger partial charge in [-0.25, -0.2) is 9.97 Å². The topological polar surface area (TPSA) is 66.9 Å². The summed E-state index contributed by atoms with van der Waals surface area (Å²) in [6.45, 7) is 4.41. The van der Waals surface area contributed by atoms with Gasteiger partial charge < -0.3 is 10.6 Å². The molecule has 3 rings (SSSR count). The Balaban J connectivity index is 1.75. The van der Waals surface area contributed by atoms with Gasteiger partial charge in [-0.2, -0.15) is 0 Å². The third-order valence-electron chi connectivity index (χ3n) is 4.03. The van der Waals surface area contributed by atoms with E-state index in [1.165, 1.54) is 5.56 Å². The van der Waals surface area contributed by atoms with Crippen molar-refractivity contribution < 1.29 is 4.79 Å². The Bertz CT molecular complexity index is 894. The number of hydrogen-bond acceptors (Lipinski definition) is 4. The van der Waals surface area contributed by atoms with Gasteiger partial charge in [0, 0.05) is 17.9 Å². The van der Waals surface area contributed by atoms with Gasteiger partial charge in [-0.1, -0.05) is 55.5 Å². The quantitative estimate of drug-likeness (QED) is 0.707. The van der Waals surface area contributed by atoms with Crippen LogP contribution in [0, 0.1) is 6.92 Å². The van der Waals surface area contributed by atoms with Crippen LogP contribution in [0.15, 0.2) is 60.7 Å². The number of carbonyl (C=O) groups is 1. The first-order chi connectivity index (χ1) is 12.7. The zero-order valence-electron chi connectivity index (χ0n) is 15.0. The minimum Gasteiger partial charge on any atom is -0.347 e. The fourth-order valence-corrected chi connectivity index (χ4v) is 2.68. The van der Waals surface area contributed by atoms with E-state index in [4.69, 9.17) is 0 Å². The first-order valence-corrected chi connectivity index (χ1v) is 8.68. The van der Waals surface area contributed by atoms with Gasteiger partial charge in [-0.05, 0) is 36.6 Å². The van der Waals surface area contributed by atoms with E-state index in [1.807, 2.05) is 55.5 Å². The highest BCUT2D eigenvalue weighted by molar-refractivity contribution is 5.92. The van der Waals surface area contributed by atoms with E-state index in [0.29, 0.717) is 18.2 Å². The van der Waals surface area contributed by atoms with Crippen LogP contribution in [0.2, 0.25) is 0 Å². The molecule has 2 N–H and O–H groups in total. The summed E-state index contributed by atoms with van der Waals surface area (Å²) in [6.07, 6.45) is 0.902. The molecule has 0 radical (unpaired) electrons. The molecular formula is C21H22N4O. The average molecular weight is 346 g/mol. The number of carbonyl (C=O) groups excluding carboxylic acids is 1. The minimum atomic E-state index is -0.217. The van der Waals surface area contributed by atoms with Crippen molar-refractivity contribution in [1.82, 2.24) is 15.3 Å². The summed E-state index contributed by atoms with van der Waals surface area (Å²) in [5.41, 5.74) is 4.26. The summed E-state index contributed by atoms with van der Waals surface area (Å²) in [5, 5.41) is 6.13. The van der Waals surface area contributed by atoms with Crippen LogP contribution >= 0.6 is 0 Å². The molecule has 1 heterocycles. The third kappa shape index (κ3) is 4.45. The number of aromatic nitrogens is 2. The number of amides is 1. The lowest BCUT2D eigenvalue weighted by atomic mass is 10.1. The molecule has 0 aliphatic carbocycles. The Kier molecular flexibility index (Phi) is 5.59. The molecule has 5 nitrogen and oxygen atoms in total. The van der Waals surface area contributed by atoms with Crippen molar-refractivity contribution in [3.05, 3.63) is 83.2 Å². The average Bonchev–Trinajstić information content (AvgIpc) is 2.67. The van der Waals surface area contributed by atoms with E-state index in [2.05, 4.69) is 33.6 Å². The minimum absolute atomic E-state index is 0.217. The van der Waals surface area contributed by atoms with Crippen LogP contribution in [-0.2, 0) is 13.0 Å². The normalized spacial score (nSPS) is 10.4. The lowest BCUT2D eigenvalue weighted by Crippen LogP contribution is -2.24. The Labute approximate surface area is 153 Å². The molecule has 0 aliphatic heterocycles. The molecular weight excluding hydrogens is 324 g/mol. The molecule has 0 spiro atoms. The van der Waals surface area contributed by atoms with E-state index < -0.39 is 0 Å². The van der Waals surface area contributed by atoms with Crippen molar-refractivity contribution in [3.8, 4) is 0 Å². The molecule has 0 bridgehead atoms. The monoisotopic (exact) mass is 346 g/mol. The number of para-hydroxylation sites is 1. The summed E-state index contributed by atoms with van der Waals surface area (Å²) < 4.78 is 0. The smallest absolute Gasteiger partial charge is 0.270 e. The van der Waals surface area contributed by atoms with Crippen molar-refractivity contribution in [2.24, 2.45) is 0 Å². The van der Waals surface area contributed by atoms with E-state index in [1.54, 1.807) is 6.07 Å². The van der Waals surface area contributed by atoms with Gasteiger partial charge in [-0.15, -0.1) is 0 Å². The van der Waals surface area contributed by atoms with Gasteiger partial charge in [0.25, 0.3) is 5.91 Å². The predicted octanol–water partition coefficient (Wildman–Crippen LogP) is 4.02. The molecule has 1 amide bonds. The van der Waals surface area contributed by atoms with Crippen LogP contribution in [0.3, 0.4) is 0 Å². The van der Waals surface area contributed by atoms with Gasteiger partial charge in [0.05, 0.1) is 0 Å². The van der Waals surface area contributed by atoms with Crippen LogP contribution in [-0.4, -0.2) is 15.9 Å². The molecule has 0 unspecified atom stereocenters. The highest BCUT2D eigenvalue weighted by atomic mass is 16.1. The number of nitrogens with one attached hydrogen (secondary N) is 2. The number of rotatable bonds is 6.